The smallest absolute Gasteiger partial charge is 0.256 e. The lowest BCUT2D eigenvalue weighted by atomic mass is 9.94. The van der Waals surface area contributed by atoms with Gasteiger partial charge in [-0.1, -0.05) is 42.0 Å². The first-order valence-corrected chi connectivity index (χ1v) is 10.2. The first-order valence-electron chi connectivity index (χ1n) is 9.15. The van der Waals surface area contributed by atoms with Gasteiger partial charge in [-0.25, -0.2) is 4.39 Å². The molecule has 4 nitrogen and oxygen atoms in total. The number of nitrogens with zero attached hydrogens (tertiary/aromatic N) is 1. The van der Waals surface area contributed by atoms with Crippen molar-refractivity contribution in [2.75, 3.05) is 11.9 Å². The number of nitrogens with one attached hydrogen (secondary N) is 1. The van der Waals surface area contributed by atoms with Crippen molar-refractivity contribution in [2.45, 2.75) is 13.0 Å². The highest BCUT2D eigenvalue weighted by molar-refractivity contribution is 14.1. The Morgan fingerprint density at radius 1 is 1.10 bits per heavy atom. The van der Waals surface area contributed by atoms with Crippen LogP contribution in [0.15, 0.2) is 66.7 Å². The second-order valence-corrected chi connectivity index (χ2v) is 8.17. The fourth-order valence-corrected chi connectivity index (χ4v) is 4.23. The van der Waals surface area contributed by atoms with Gasteiger partial charge in [0.2, 0.25) is 5.91 Å². The van der Waals surface area contributed by atoms with Crippen molar-refractivity contribution < 1.29 is 14.0 Å². The largest absolute Gasteiger partial charge is 0.324 e. The fourth-order valence-electron chi connectivity index (χ4n) is 3.61. The molecular formula is C23H18FIN2O2. The van der Waals surface area contributed by atoms with Crippen LogP contribution in [-0.4, -0.2) is 23.3 Å². The van der Waals surface area contributed by atoms with E-state index in [1.165, 1.54) is 12.1 Å². The lowest BCUT2D eigenvalue weighted by molar-refractivity contribution is -0.117. The molecule has 2 amide bonds. The van der Waals surface area contributed by atoms with Crippen molar-refractivity contribution in [3.63, 3.8) is 0 Å². The first-order chi connectivity index (χ1) is 13.9. The van der Waals surface area contributed by atoms with Gasteiger partial charge in [0, 0.05) is 14.8 Å². The fraction of sp³-hybridized carbons (Fsp3) is 0.130. The van der Waals surface area contributed by atoms with Crippen LogP contribution in [0.5, 0.6) is 0 Å². The molecule has 3 aromatic carbocycles. The summed E-state index contributed by atoms with van der Waals surface area (Å²) in [6.45, 7) is 1.86. The average molecular weight is 500 g/mol. The van der Waals surface area contributed by atoms with Crippen molar-refractivity contribution in [1.82, 2.24) is 4.90 Å². The highest BCUT2D eigenvalue weighted by Crippen LogP contribution is 2.37. The van der Waals surface area contributed by atoms with Crippen LogP contribution in [0.25, 0.3) is 0 Å². The predicted octanol–water partition coefficient (Wildman–Crippen LogP) is 4.92. The Kier molecular flexibility index (Phi) is 5.36. The molecule has 0 aromatic heterocycles. The van der Waals surface area contributed by atoms with E-state index in [0.29, 0.717) is 11.3 Å². The molecule has 1 heterocycles. The van der Waals surface area contributed by atoms with Crippen LogP contribution in [0.3, 0.4) is 0 Å². The van der Waals surface area contributed by atoms with Crippen LogP contribution < -0.4 is 5.32 Å². The van der Waals surface area contributed by atoms with E-state index in [1.54, 1.807) is 29.2 Å². The van der Waals surface area contributed by atoms with Gasteiger partial charge in [0.15, 0.2) is 0 Å². The van der Waals surface area contributed by atoms with Gasteiger partial charge in [0.05, 0.1) is 11.6 Å². The van der Waals surface area contributed by atoms with Crippen LogP contribution >= 0.6 is 22.6 Å². The highest BCUT2D eigenvalue weighted by atomic mass is 127. The standard InChI is InChI=1S/C23H18FIN2O2/c1-14-6-11-20-18(12-14)22(15-7-9-16(24)10-8-15)27(13-21(28)26-20)23(29)17-4-2-3-5-19(17)25/h2-12,22H,13H2,1H3,(H,26,28)/t22-/m1/s1. The Hall–Kier alpha value is -2.74. The normalized spacial score (nSPS) is 16.0. The maximum Gasteiger partial charge on any atom is 0.256 e. The van der Waals surface area contributed by atoms with Gasteiger partial charge in [0.1, 0.15) is 12.4 Å². The van der Waals surface area contributed by atoms with E-state index in [4.69, 9.17) is 0 Å². The monoisotopic (exact) mass is 500 g/mol. The minimum absolute atomic E-state index is 0.0976. The van der Waals surface area contributed by atoms with Crippen molar-refractivity contribution in [1.29, 1.82) is 0 Å². The summed E-state index contributed by atoms with van der Waals surface area (Å²) in [6.07, 6.45) is 0. The second-order valence-electron chi connectivity index (χ2n) is 7.01. The van der Waals surface area contributed by atoms with E-state index in [9.17, 15) is 14.0 Å². The molecule has 1 aliphatic rings. The Morgan fingerprint density at radius 3 is 2.55 bits per heavy atom. The van der Waals surface area contributed by atoms with Crippen LogP contribution in [0.1, 0.15) is 33.1 Å². The molecular weight excluding hydrogens is 482 g/mol. The molecule has 0 saturated heterocycles. The number of carbonyl (C=O) groups excluding carboxylic acids is 2. The third-order valence-electron chi connectivity index (χ3n) is 4.95. The quantitative estimate of drug-likeness (QED) is 0.508. The van der Waals surface area contributed by atoms with Crippen molar-refractivity contribution >= 4 is 40.1 Å². The number of aryl methyl sites for hydroxylation is 1. The molecule has 0 fully saturated rings. The molecule has 1 aliphatic heterocycles. The number of amides is 2. The van der Waals surface area contributed by atoms with Gasteiger partial charge >= 0.3 is 0 Å². The molecule has 0 spiro atoms. The Bertz CT molecular complexity index is 1100. The molecule has 0 unspecified atom stereocenters. The number of hydrogen-bond donors (Lipinski definition) is 1. The van der Waals surface area contributed by atoms with Gasteiger partial charge in [-0.2, -0.15) is 0 Å². The topological polar surface area (TPSA) is 49.4 Å². The zero-order valence-electron chi connectivity index (χ0n) is 15.7. The minimum atomic E-state index is -0.520. The number of carbonyl (C=O) groups is 2. The maximum absolute atomic E-state index is 13.6. The molecule has 1 N–H and O–H groups in total. The lowest BCUT2D eigenvalue weighted by Crippen LogP contribution is -2.39. The molecule has 0 saturated carbocycles. The van der Waals surface area contributed by atoms with Crippen molar-refractivity contribution in [2.24, 2.45) is 0 Å². The van der Waals surface area contributed by atoms with Crippen molar-refractivity contribution in [3.8, 4) is 0 Å². The SMILES string of the molecule is Cc1ccc2c(c1)[C@@H](c1ccc(F)cc1)N(C(=O)c1ccccc1I)CC(=O)N2. The second kappa shape index (κ2) is 7.94. The summed E-state index contributed by atoms with van der Waals surface area (Å²) in [6, 6.07) is 18.6. The van der Waals surface area contributed by atoms with Gasteiger partial charge < -0.3 is 10.2 Å². The number of benzene rings is 3. The lowest BCUT2D eigenvalue weighted by Gasteiger charge is -2.31. The van der Waals surface area contributed by atoms with Crippen LogP contribution in [-0.2, 0) is 4.79 Å². The molecule has 3 aromatic rings. The Balaban J connectivity index is 1.91. The molecule has 4 rings (SSSR count). The number of rotatable bonds is 2. The summed E-state index contributed by atoms with van der Waals surface area (Å²) in [5, 5.41) is 2.90. The van der Waals surface area contributed by atoms with E-state index in [1.807, 2.05) is 37.3 Å². The summed E-state index contributed by atoms with van der Waals surface area (Å²) in [7, 11) is 0. The Labute approximate surface area is 181 Å². The number of anilines is 1. The molecule has 1 atom stereocenters. The average Bonchev–Trinajstić information content (AvgIpc) is 2.84. The molecule has 29 heavy (non-hydrogen) atoms. The predicted molar refractivity (Wildman–Crippen MR) is 118 cm³/mol. The van der Waals surface area contributed by atoms with E-state index in [2.05, 4.69) is 27.9 Å². The molecule has 146 valence electrons. The van der Waals surface area contributed by atoms with Gasteiger partial charge in [-0.3, -0.25) is 9.59 Å². The first kappa shape index (κ1) is 19.6. The summed E-state index contributed by atoms with van der Waals surface area (Å²) in [4.78, 5) is 27.7. The van der Waals surface area contributed by atoms with E-state index >= 15 is 0 Å². The van der Waals surface area contributed by atoms with E-state index < -0.39 is 6.04 Å². The van der Waals surface area contributed by atoms with Crippen LogP contribution in [0.2, 0.25) is 0 Å². The zero-order chi connectivity index (χ0) is 20.5. The molecule has 0 bridgehead atoms. The number of hydrogen-bond acceptors (Lipinski definition) is 2. The Morgan fingerprint density at radius 2 is 1.83 bits per heavy atom. The summed E-state index contributed by atoms with van der Waals surface area (Å²) in [5.74, 6) is -0.857. The molecule has 0 aliphatic carbocycles. The summed E-state index contributed by atoms with van der Waals surface area (Å²) in [5.41, 5.74) is 3.75. The molecule has 0 radical (unpaired) electrons. The van der Waals surface area contributed by atoms with Crippen LogP contribution in [0, 0.1) is 16.3 Å². The van der Waals surface area contributed by atoms with E-state index in [-0.39, 0.29) is 24.2 Å². The third kappa shape index (κ3) is 3.89. The van der Waals surface area contributed by atoms with Gasteiger partial charge in [-0.15, -0.1) is 0 Å². The molecule has 6 heteroatoms. The summed E-state index contributed by atoms with van der Waals surface area (Å²) >= 11 is 2.12. The highest BCUT2D eigenvalue weighted by Gasteiger charge is 2.34. The van der Waals surface area contributed by atoms with Crippen molar-refractivity contribution in [3.05, 3.63) is 98.4 Å². The van der Waals surface area contributed by atoms with Gasteiger partial charge in [0.25, 0.3) is 5.91 Å². The summed E-state index contributed by atoms with van der Waals surface area (Å²) < 4.78 is 14.4. The number of halogens is 2. The van der Waals surface area contributed by atoms with E-state index in [0.717, 1.165) is 20.3 Å². The zero-order valence-corrected chi connectivity index (χ0v) is 17.8. The maximum atomic E-state index is 13.6. The third-order valence-corrected chi connectivity index (χ3v) is 5.89. The number of fused-ring (bicyclic) bond motifs is 1. The van der Waals surface area contributed by atoms with Crippen LogP contribution in [0.4, 0.5) is 10.1 Å². The minimum Gasteiger partial charge on any atom is -0.324 e. The van der Waals surface area contributed by atoms with Gasteiger partial charge in [-0.05, 0) is 65.4 Å².